The minimum absolute atomic E-state index is 0.178. The molecule has 2 atom stereocenters. The van der Waals surface area contributed by atoms with Gasteiger partial charge in [0.05, 0.1) is 18.3 Å². The van der Waals surface area contributed by atoms with Crippen LogP contribution in [-0.4, -0.2) is 36.9 Å². The van der Waals surface area contributed by atoms with Gasteiger partial charge in [0.25, 0.3) is 0 Å². The second-order valence-electron chi connectivity index (χ2n) is 9.05. The van der Waals surface area contributed by atoms with Crippen molar-refractivity contribution in [2.45, 2.75) is 52.1 Å². The van der Waals surface area contributed by atoms with Crippen LogP contribution in [0.3, 0.4) is 0 Å². The number of rotatable bonds is 7. The molecule has 0 amide bonds. The Hall–Kier alpha value is -2.85. The van der Waals surface area contributed by atoms with Crippen LogP contribution in [0.25, 0.3) is 10.8 Å². The molecule has 32 heavy (non-hydrogen) atoms. The van der Waals surface area contributed by atoms with Crippen LogP contribution in [0.2, 0.25) is 0 Å². The van der Waals surface area contributed by atoms with E-state index in [4.69, 9.17) is 4.74 Å². The summed E-state index contributed by atoms with van der Waals surface area (Å²) in [6.07, 6.45) is 3.43. The summed E-state index contributed by atoms with van der Waals surface area (Å²) in [5.41, 5.74) is 4.53. The third kappa shape index (κ3) is 4.66. The lowest BCUT2D eigenvalue weighted by atomic mass is 9.90. The molecule has 0 bridgehead atoms. The Labute approximate surface area is 190 Å². The number of hydrogen-bond acceptors (Lipinski definition) is 3. The molecule has 0 saturated carbocycles. The zero-order valence-electron chi connectivity index (χ0n) is 19.3. The van der Waals surface area contributed by atoms with Crippen LogP contribution in [-0.2, 0) is 4.74 Å². The number of nitrogens with zero attached hydrogens (tertiary/aromatic N) is 1. The van der Waals surface area contributed by atoms with Gasteiger partial charge in [-0.05, 0) is 66.1 Å². The molecule has 4 heteroatoms. The Morgan fingerprint density at radius 3 is 2.72 bits per heavy atom. The molecule has 168 valence electrons. The number of hydrogen-bond donors (Lipinski definition) is 1. The van der Waals surface area contributed by atoms with Gasteiger partial charge in [0.2, 0.25) is 0 Å². The first-order valence-electron chi connectivity index (χ1n) is 11.6. The number of morpholine rings is 1. The van der Waals surface area contributed by atoms with E-state index in [1.54, 1.807) is 0 Å². The van der Waals surface area contributed by atoms with Crippen molar-refractivity contribution in [3.63, 3.8) is 0 Å². The van der Waals surface area contributed by atoms with Gasteiger partial charge in [-0.25, -0.2) is 4.79 Å². The number of aryl methyl sites for hydroxylation is 1. The molecule has 1 aliphatic rings. The number of ether oxygens (including phenoxy) is 1. The Morgan fingerprint density at radius 1 is 1.12 bits per heavy atom. The first kappa shape index (κ1) is 22.3. The maximum atomic E-state index is 11.7. The van der Waals surface area contributed by atoms with Crippen molar-refractivity contribution >= 4 is 22.4 Å². The Kier molecular flexibility index (Phi) is 6.80. The molecule has 1 saturated heterocycles. The Morgan fingerprint density at radius 2 is 1.91 bits per heavy atom. The van der Waals surface area contributed by atoms with E-state index in [0.717, 1.165) is 49.2 Å². The second kappa shape index (κ2) is 9.74. The largest absolute Gasteiger partial charge is 0.478 e. The van der Waals surface area contributed by atoms with Gasteiger partial charge < -0.3 is 14.7 Å². The molecule has 0 spiro atoms. The maximum absolute atomic E-state index is 11.7. The highest BCUT2D eigenvalue weighted by Gasteiger charge is 2.24. The Balaban J connectivity index is 1.38. The monoisotopic (exact) mass is 431 g/mol. The van der Waals surface area contributed by atoms with Crippen molar-refractivity contribution in [2.24, 2.45) is 0 Å². The predicted octanol–water partition coefficient (Wildman–Crippen LogP) is 6.33. The van der Waals surface area contributed by atoms with Gasteiger partial charge in [-0.2, -0.15) is 0 Å². The van der Waals surface area contributed by atoms with Crippen molar-refractivity contribution in [1.29, 1.82) is 0 Å². The highest BCUT2D eigenvalue weighted by atomic mass is 16.5. The first-order valence-corrected chi connectivity index (χ1v) is 11.6. The van der Waals surface area contributed by atoms with E-state index in [1.165, 1.54) is 16.3 Å². The van der Waals surface area contributed by atoms with Gasteiger partial charge in [0, 0.05) is 18.8 Å². The van der Waals surface area contributed by atoms with Crippen LogP contribution in [0.15, 0.2) is 54.6 Å². The smallest absolute Gasteiger partial charge is 0.336 e. The van der Waals surface area contributed by atoms with Gasteiger partial charge >= 0.3 is 5.97 Å². The highest BCUT2D eigenvalue weighted by molar-refractivity contribution is 5.93. The molecular weight excluding hydrogens is 398 g/mol. The minimum atomic E-state index is -0.853. The van der Waals surface area contributed by atoms with Crippen molar-refractivity contribution in [3.8, 4) is 0 Å². The molecule has 3 aromatic carbocycles. The van der Waals surface area contributed by atoms with E-state index < -0.39 is 5.97 Å². The normalized spacial score (nSPS) is 17.5. The Bertz CT molecular complexity index is 1100. The quantitative estimate of drug-likeness (QED) is 0.475. The average molecular weight is 432 g/mol. The number of carboxylic acid groups (broad SMARTS) is 1. The molecule has 3 aromatic rings. The van der Waals surface area contributed by atoms with Crippen molar-refractivity contribution in [2.75, 3.05) is 24.6 Å². The van der Waals surface area contributed by atoms with E-state index >= 15 is 0 Å². The van der Waals surface area contributed by atoms with Crippen LogP contribution in [0.5, 0.6) is 0 Å². The first-order chi connectivity index (χ1) is 15.5. The van der Waals surface area contributed by atoms with Crippen molar-refractivity contribution < 1.29 is 14.6 Å². The van der Waals surface area contributed by atoms with Gasteiger partial charge in [-0.15, -0.1) is 0 Å². The van der Waals surface area contributed by atoms with Gasteiger partial charge in [0.1, 0.15) is 0 Å². The number of carbonyl (C=O) groups is 1. The molecule has 4 nitrogen and oxygen atoms in total. The van der Waals surface area contributed by atoms with Crippen LogP contribution in [0.1, 0.15) is 59.2 Å². The average Bonchev–Trinajstić information content (AvgIpc) is 2.78. The van der Waals surface area contributed by atoms with E-state index in [-0.39, 0.29) is 6.10 Å². The topological polar surface area (TPSA) is 49.8 Å². The highest BCUT2D eigenvalue weighted by Crippen LogP contribution is 2.31. The lowest BCUT2D eigenvalue weighted by Crippen LogP contribution is -2.43. The summed E-state index contributed by atoms with van der Waals surface area (Å²) < 4.78 is 6.07. The van der Waals surface area contributed by atoms with E-state index in [2.05, 4.69) is 60.4 Å². The maximum Gasteiger partial charge on any atom is 0.336 e. The molecule has 0 aliphatic carbocycles. The number of carboxylic acids is 1. The van der Waals surface area contributed by atoms with Crippen molar-refractivity contribution in [3.05, 3.63) is 76.9 Å². The molecule has 1 unspecified atom stereocenters. The number of benzene rings is 3. The fourth-order valence-electron chi connectivity index (χ4n) is 5.11. The summed E-state index contributed by atoms with van der Waals surface area (Å²) in [5.74, 6) is -0.354. The number of anilines is 1. The van der Waals surface area contributed by atoms with Gasteiger partial charge in [-0.3, -0.25) is 0 Å². The zero-order valence-corrected chi connectivity index (χ0v) is 19.3. The van der Waals surface area contributed by atoms with Crippen LogP contribution >= 0.6 is 0 Å². The molecule has 0 radical (unpaired) electrons. The lowest BCUT2D eigenvalue weighted by molar-refractivity contribution is 0.0334. The van der Waals surface area contributed by atoms with E-state index in [9.17, 15) is 9.90 Å². The molecule has 1 N–H and O–H groups in total. The fourth-order valence-corrected chi connectivity index (χ4v) is 5.11. The minimum Gasteiger partial charge on any atom is -0.478 e. The summed E-state index contributed by atoms with van der Waals surface area (Å²) in [4.78, 5) is 14.0. The number of fused-ring (bicyclic) bond motifs is 1. The van der Waals surface area contributed by atoms with Gasteiger partial charge in [-0.1, -0.05) is 61.9 Å². The number of aromatic carboxylic acids is 1. The third-order valence-electron chi connectivity index (χ3n) is 6.86. The van der Waals surface area contributed by atoms with E-state index in [0.29, 0.717) is 18.1 Å². The fraction of sp³-hybridized carbons (Fsp3) is 0.393. The second-order valence-corrected chi connectivity index (χ2v) is 9.05. The molecule has 1 heterocycles. The summed E-state index contributed by atoms with van der Waals surface area (Å²) in [6.45, 7) is 8.39. The van der Waals surface area contributed by atoms with Gasteiger partial charge in [0.15, 0.2) is 0 Å². The van der Waals surface area contributed by atoms with Crippen LogP contribution in [0.4, 0.5) is 5.69 Å². The van der Waals surface area contributed by atoms with Crippen molar-refractivity contribution in [1.82, 2.24) is 0 Å². The van der Waals surface area contributed by atoms with Crippen LogP contribution in [0, 0.1) is 13.8 Å². The lowest BCUT2D eigenvalue weighted by Gasteiger charge is -2.36. The zero-order chi connectivity index (χ0) is 22.7. The standard InChI is InChI=1S/C28H33NO3/c1-19(24-13-7-10-22-9-4-5-12-25(22)24)8-6-11-23-18-29(16-17-32-23)26-15-14-20(2)27(21(26)3)28(30)31/h4-5,7,9-10,12-15,19,23H,6,8,11,16-18H2,1-3H3,(H,30,31)/t19-,23?/m0/s1. The van der Waals surface area contributed by atoms with Crippen LogP contribution < -0.4 is 4.90 Å². The third-order valence-corrected chi connectivity index (χ3v) is 6.86. The summed E-state index contributed by atoms with van der Waals surface area (Å²) in [6, 6.07) is 19.2. The predicted molar refractivity (Wildman–Crippen MR) is 131 cm³/mol. The molecule has 4 rings (SSSR count). The molecular formula is C28H33NO3. The summed E-state index contributed by atoms with van der Waals surface area (Å²) >= 11 is 0. The SMILES string of the molecule is Cc1ccc(N2CCOC(CCC[C@H](C)c3cccc4ccccc34)C2)c(C)c1C(=O)O. The molecule has 1 aliphatic heterocycles. The molecule has 1 fully saturated rings. The summed E-state index contributed by atoms with van der Waals surface area (Å²) in [7, 11) is 0. The summed E-state index contributed by atoms with van der Waals surface area (Å²) in [5, 5.41) is 12.3. The van der Waals surface area contributed by atoms with E-state index in [1.807, 2.05) is 19.9 Å². The molecule has 0 aromatic heterocycles.